The number of carbonyl (C=O) groups is 2. The third-order valence-corrected chi connectivity index (χ3v) is 2.97. The molecule has 22 heavy (non-hydrogen) atoms. The molecule has 0 aromatic heterocycles. The zero-order chi connectivity index (χ0) is 15.8. The minimum absolute atomic E-state index is 0.159. The van der Waals surface area contributed by atoms with Crippen LogP contribution in [0.2, 0.25) is 0 Å². The van der Waals surface area contributed by atoms with Gasteiger partial charge in [0, 0.05) is 0 Å². The first kappa shape index (κ1) is 15.7. The molecule has 0 fully saturated rings. The number of hydrogen-bond acceptors (Lipinski definition) is 5. The monoisotopic (exact) mass is 299 g/mol. The molecule has 0 bridgehead atoms. The molecule has 0 spiro atoms. The Hall–Kier alpha value is -2.66. The van der Waals surface area contributed by atoms with Crippen LogP contribution in [0.25, 0.3) is 0 Å². The van der Waals surface area contributed by atoms with Gasteiger partial charge in [-0.15, -0.1) is 0 Å². The van der Waals surface area contributed by atoms with Crippen LogP contribution < -0.4 is 10.5 Å². The highest BCUT2D eigenvalue weighted by Crippen LogP contribution is 2.14. The molecule has 0 saturated carbocycles. The Balaban J connectivity index is 1.82. The lowest BCUT2D eigenvalue weighted by atomic mass is 10.1. The largest absolute Gasteiger partial charge is 0.514 e. The van der Waals surface area contributed by atoms with Crippen molar-refractivity contribution >= 4 is 12.4 Å². The molecule has 1 unspecified atom stereocenters. The summed E-state index contributed by atoms with van der Waals surface area (Å²) in [4.78, 5) is 22.1. The Morgan fingerprint density at radius 1 is 1.05 bits per heavy atom. The molecule has 0 heterocycles. The summed E-state index contributed by atoms with van der Waals surface area (Å²) in [6, 6.07) is 15.6. The maximum absolute atomic E-state index is 11.6. The average molecular weight is 299 g/mol. The second-order valence-corrected chi connectivity index (χ2v) is 4.77. The fourth-order valence-corrected chi connectivity index (χ4v) is 1.86. The van der Waals surface area contributed by atoms with Gasteiger partial charge >= 0.3 is 6.16 Å². The lowest BCUT2D eigenvalue weighted by Crippen LogP contribution is -2.23. The van der Waals surface area contributed by atoms with Crippen molar-refractivity contribution in [3.05, 3.63) is 65.7 Å². The van der Waals surface area contributed by atoms with Gasteiger partial charge in [0.1, 0.15) is 18.6 Å². The molecule has 114 valence electrons. The smallest absolute Gasteiger partial charge is 0.429 e. The van der Waals surface area contributed by atoms with Crippen LogP contribution in [0, 0.1) is 0 Å². The van der Waals surface area contributed by atoms with E-state index in [2.05, 4.69) is 0 Å². The molecule has 1 atom stereocenters. The topological polar surface area (TPSA) is 78.6 Å². The van der Waals surface area contributed by atoms with Crippen LogP contribution in [0.1, 0.15) is 11.1 Å². The summed E-state index contributed by atoms with van der Waals surface area (Å²) in [7, 11) is 0. The van der Waals surface area contributed by atoms with E-state index < -0.39 is 12.2 Å². The highest BCUT2D eigenvalue weighted by atomic mass is 16.7. The van der Waals surface area contributed by atoms with Crippen molar-refractivity contribution in [2.75, 3.05) is 0 Å². The third-order valence-electron chi connectivity index (χ3n) is 2.97. The Morgan fingerprint density at radius 2 is 1.73 bits per heavy atom. The third kappa shape index (κ3) is 5.03. The van der Waals surface area contributed by atoms with Crippen molar-refractivity contribution < 1.29 is 19.1 Å². The predicted molar refractivity (Wildman–Crippen MR) is 81.4 cm³/mol. The lowest BCUT2D eigenvalue weighted by Gasteiger charge is -2.07. The summed E-state index contributed by atoms with van der Waals surface area (Å²) in [6.45, 7) is 0.159. The zero-order valence-corrected chi connectivity index (χ0v) is 12.0. The second-order valence-electron chi connectivity index (χ2n) is 4.77. The maximum atomic E-state index is 11.6. The van der Waals surface area contributed by atoms with Crippen LogP contribution in [-0.4, -0.2) is 18.5 Å². The molecule has 2 N–H and O–H groups in total. The van der Waals surface area contributed by atoms with Crippen molar-refractivity contribution in [1.82, 2.24) is 0 Å². The number of aldehydes is 1. The first-order valence-electron chi connectivity index (χ1n) is 6.85. The van der Waals surface area contributed by atoms with Crippen LogP contribution >= 0.6 is 0 Å². The van der Waals surface area contributed by atoms with E-state index in [0.717, 1.165) is 11.1 Å². The van der Waals surface area contributed by atoms with Gasteiger partial charge in [-0.1, -0.05) is 42.5 Å². The maximum Gasteiger partial charge on any atom is 0.514 e. The first-order valence-corrected chi connectivity index (χ1v) is 6.85. The lowest BCUT2D eigenvalue weighted by molar-refractivity contribution is -0.108. The summed E-state index contributed by atoms with van der Waals surface area (Å²) in [5, 5.41) is 0. The summed E-state index contributed by atoms with van der Waals surface area (Å²) in [6.07, 6.45) is 0.384. The number of hydrogen-bond donors (Lipinski definition) is 1. The van der Waals surface area contributed by atoms with Crippen molar-refractivity contribution in [3.63, 3.8) is 0 Å². The molecule has 5 heteroatoms. The number of ether oxygens (including phenoxy) is 2. The molecule has 0 radical (unpaired) electrons. The zero-order valence-electron chi connectivity index (χ0n) is 12.0. The number of rotatable bonds is 6. The normalized spacial score (nSPS) is 11.5. The Kier molecular flexibility index (Phi) is 5.68. The van der Waals surface area contributed by atoms with E-state index >= 15 is 0 Å². The summed E-state index contributed by atoms with van der Waals surface area (Å²) in [5.74, 6) is 0.376. The van der Waals surface area contributed by atoms with Gasteiger partial charge in [0.15, 0.2) is 0 Å². The fraction of sp³-hybridized carbons (Fsp3) is 0.176. The van der Waals surface area contributed by atoms with Gasteiger partial charge in [-0.05, 0) is 29.7 Å². The van der Waals surface area contributed by atoms with Gasteiger partial charge in [0.05, 0.1) is 6.04 Å². The van der Waals surface area contributed by atoms with Gasteiger partial charge < -0.3 is 20.0 Å². The van der Waals surface area contributed by atoms with Crippen molar-refractivity contribution in [2.24, 2.45) is 5.73 Å². The van der Waals surface area contributed by atoms with Crippen LogP contribution in [-0.2, 0) is 22.6 Å². The molecule has 2 aromatic rings. The predicted octanol–water partition coefficient (Wildman–Crippen LogP) is 2.47. The highest BCUT2D eigenvalue weighted by Gasteiger charge is 2.07. The van der Waals surface area contributed by atoms with Gasteiger partial charge in [0.2, 0.25) is 0 Å². The van der Waals surface area contributed by atoms with Gasteiger partial charge in [-0.3, -0.25) is 0 Å². The molecule has 2 aromatic carbocycles. The van der Waals surface area contributed by atoms with Crippen molar-refractivity contribution in [3.8, 4) is 5.75 Å². The van der Waals surface area contributed by atoms with Gasteiger partial charge in [-0.2, -0.15) is 0 Å². The SMILES string of the molecule is NC(C=O)Cc1ccc(OC(=O)OCc2ccccc2)cc1. The molecule has 5 nitrogen and oxygen atoms in total. The molecular formula is C17H17NO4. The quantitative estimate of drug-likeness (QED) is 0.503. The molecule has 0 aliphatic heterocycles. The van der Waals surface area contributed by atoms with Crippen molar-refractivity contribution in [2.45, 2.75) is 19.1 Å². The molecule has 0 aliphatic carbocycles. The van der Waals surface area contributed by atoms with Gasteiger partial charge in [-0.25, -0.2) is 4.79 Å². The first-order chi connectivity index (χ1) is 10.7. The van der Waals surface area contributed by atoms with E-state index in [4.69, 9.17) is 15.2 Å². The van der Waals surface area contributed by atoms with E-state index in [1.807, 2.05) is 30.3 Å². The molecule has 0 aliphatic rings. The Bertz CT molecular complexity index is 610. The minimum atomic E-state index is -0.763. The number of benzene rings is 2. The highest BCUT2D eigenvalue weighted by molar-refractivity contribution is 5.64. The number of carbonyl (C=O) groups excluding carboxylic acids is 2. The van der Waals surface area contributed by atoms with E-state index in [1.54, 1.807) is 24.3 Å². The minimum Gasteiger partial charge on any atom is -0.429 e. The second kappa shape index (κ2) is 7.95. The van der Waals surface area contributed by atoms with Crippen LogP contribution in [0.5, 0.6) is 5.75 Å². The van der Waals surface area contributed by atoms with E-state index in [1.165, 1.54) is 0 Å². The van der Waals surface area contributed by atoms with Crippen LogP contribution in [0.4, 0.5) is 4.79 Å². The fourth-order valence-electron chi connectivity index (χ4n) is 1.86. The molecule has 2 rings (SSSR count). The van der Waals surface area contributed by atoms with Crippen LogP contribution in [0.3, 0.4) is 0 Å². The Labute approximate surface area is 128 Å². The van der Waals surface area contributed by atoms with E-state index in [0.29, 0.717) is 18.5 Å². The standard InChI is InChI=1S/C17H17NO4/c18-15(11-19)10-13-6-8-16(9-7-13)22-17(20)21-12-14-4-2-1-3-5-14/h1-9,11,15H,10,12,18H2. The summed E-state index contributed by atoms with van der Waals surface area (Å²) in [5.41, 5.74) is 7.33. The molecule has 0 saturated heterocycles. The number of nitrogens with two attached hydrogens (primary N) is 1. The molecule has 0 amide bonds. The summed E-state index contributed by atoms with van der Waals surface area (Å²) < 4.78 is 10.1. The summed E-state index contributed by atoms with van der Waals surface area (Å²) >= 11 is 0. The van der Waals surface area contributed by atoms with E-state index in [-0.39, 0.29) is 6.61 Å². The van der Waals surface area contributed by atoms with E-state index in [9.17, 15) is 9.59 Å². The Morgan fingerprint density at radius 3 is 2.36 bits per heavy atom. The molecular weight excluding hydrogens is 282 g/mol. The van der Waals surface area contributed by atoms with Gasteiger partial charge in [0.25, 0.3) is 0 Å². The van der Waals surface area contributed by atoms with Crippen molar-refractivity contribution in [1.29, 1.82) is 0 Å². The average Bonchev–Trinajstić information content (AvgIpc) is 2.55. The van der Waals surface area contributed by atoms with Crippen LogP contribution in [0.15, 0.2) is 54.6 Å².